The molecule has 6 nitrogen and oxygen atoms in total. The van der Waals surface area contributed by atoms with E-state index in [4.69, 9.17) is 9.73 Å². The van der Waals surface area contributed by atoms with Gasteiger partial charge in [0.15, 0.2) is 4.80 Å². The Morgan fingerprint density at radius 3 is 2.50 bits per heavy atom. The van der Waals surface area contributed by atoms with Crippen LogP contribution in [0.2, 0.25) is 0 Å². The predicted molar refractivity (Wildman–Crippen MR) is 160 cm³/mol. The van der Waals surface area contributed by atoms with Gasteiger partial charge in [-0.25, -0.2) is 9.79 Å². The fourth-order valence-corrected chi connectivity index (χ4v) is 6.17. The molecular formula is C33H29N3O3S. The Balaban J connectivity index is 1.64. The van der Waals surface area contributed by atoms with Crippen LogP contribution in [-0.2, 0) is 9.53 Å². The van der Waals surface area contributed by atoms with Crippen LogP contribution in [0.1, 0.15) is 55.0 Å². The molecule has 0 aliphatic carbocycles. The van der Waals surface area contributed by atoms with Gasteiger partial charge in [0.05, 0.1) is 28.5 Å². The Labute approximate surface area is 235 Å². The van der Waals surface area contributed by atoms with Crippen molar-refractivity contribution in [2.75, 3.05) is 6.61 Å². The summed E-state index contributed by atoms with van der Waals surface area (Å²) in [5.74, 6) is -0.124. The average molecular weight is 548 g/mol. The van der Waals surface area contributed by atoms with Gasteiger partial charge in [-0.3, -0.25) is 9.36 Å². The number of ether oxygens (including phenoxy) is 1. The summed E-state index contributed by atoms with van der Waals surface area (Å²) in [5.41, 5.74) is 5.42. The number of aromatic nitrogens is 2. The monoisotopic (exact) mass is 547 g/mol. The maximum Gasteiger partial charge on any atom is 0.338 e. The third-order valence-electron chi connectivity index (χ3n) is 7.20. The second-order valence-corrected chi connectivity index (χ2v) is 11.1. The van der Waals surface area contributed by atoms with E-state index in [2.05, 4.69) is 31.0 Å². The summed E-state index contributed by atoms with van der Waals surface area (Å²) < 4.78 is 7.75. The number of rotatable bonds is 6. The van der Waals surface area contributed by atoms with Crippen molar-refractivity contribution in [1.29, 1.82) is 0 Å². The van der Waals surface area contributed by atoms with Gasteiger partial charge >= 0.3 is 5.97 Å². The maximum absolute atomic E-state index is 14.1. The first kappa shape index (κ1) is 25.8. The Hall–Kier alpha value is -4.49. The van der Waals surface area contributed by atoms with Crippen LogP contribution in [-0.4, -0.2) is 22.1 Å². The molecule has 7 heteroatoms. The normalized spacial score (nSPS) is 15.4. The second-order valence-electron chi connectivity index (χ2n) is 10.0. The lowest BCUT2D eigenvalue weighted by Gasteiger charge is -2.26. The summed E-state index contributed by atoms with van der Waals surface area (Å²) in [5, 5.41) is 1.03. The number of thiazole rings is 1. The molecule has 3 heterocycles. The molecule has 0 unspecified atom stereocenters. The highest BCUT2D eigenvalue weighted by molar-refractivity contribution is 7.07. The van der Waals surface area contributed by atoms with Gasteiger partial charge in [-0.05, 0) is 36.1 Å². The lowest BCUT2D eigenvalue weighted by molar-refractivity contribution is -0.138. The van der Waals surface area contributed by atoms with Crippen LogP contribution in [0.25, 0.3) is 22.7 Å². The molecule has 5 aromatic rings. The van der Waals surface area contributed by atoms with Crippen molar-refractivity contribution in [3.05, 3.63) is 133 Å². The van der Waals surface area contributed by atoms with Crippen molar-refractivity contribution in [2.45, 2.75) is 32.7 Å². The van der Waals surface area contributed by atoms with Crippen molar-refractivity contribution in [3.8, 4) is 0 Å². The summed E-state index contributed by atoms with van der Waals surface area (Å²) >= 11 is 1.33. The SMILES string of the molecule is CCOC(=O)C1=C(c2ccccc2)N=c2s/c(=C\c3c[nH]c4ccccc34)c(=O)n2[C@@H]1c1ccc(C(C)C)cc1. The molecule has 200 valence electrons. The molecule has 3 aromatic carbocycles. The Morgan fingerprint density at radius 2 is 1.77 bits per heavy atom. The van der Waals surface area contributed by atoms with Crippen LogP contribution in [0.3, 0.4) is 0 Å². The summed E-state index contributed by atoms with van der Waals surface area (Å²) in [6.45, 7) is 6.28. The summed E-state index contributed by atoms with van der Waals surface area (Å²) in [4.78, 5) is 36.5. The first-order valence-corrected chi connectivity index (χ1v) is 14.2. The number of nitrogens with one attached hydrogen (secondary N) is 1. The molecule has 1 aliphatic rings. The van der Waals surface area contributed by atoms with Crippen molar-refractivity contribution >= 4 is 40.0 Å². The van der Waals surface area contributed by atoms with Crippen LogP contribution in [0.4, 0.5) is 0 Å². The van der Waals surface area contributed by atoms with E-state index < -0.39 is 12.0 Å². The molecule has 1 N–H and O–H groups in total. The highest BCUT2D eigenvalue weighted by Crippen LogP contribution is 2.35. The smallest absolute Gasteiger partial charge is 0.338 e. The predicted octanol–water partition coefficient (Wildman–Crippen LogP) is 5.54. The average Bonchev–Trinajstić information content (AvgIpc) is 3.53. The zero-order chi connectivity index (χ0) is 27.8. The molecule has 1 atom stereocenters. The highest BCUT2D eigenvalue weighted by Gasteiger charge is 2.35. The van der Waals surface area contributed by atoms with E-state index in [9.17, 15) is 9.59 Å². The number of hydrogen-bond donors (Lipinski definition) is 1. The van der Waals surface area contributed by atoms with Gasteiger partial charge in [-0.2, -0.15) is 0 Å². The lowest BCUT2D eigenvalue weighted by Crippen LogP contribution is -2.40. The van der Waals surface area contributed by atoms with E-state index >= 15 is 0 Å². The van der Waals surface area contributed by atoms with Crippen molar-refractivity contribution in [1.82, 2.24) is 9.55 Å². The Kier molecular flexibility index (Phi) is 6.82. The largest absolute Gasteiger partial charge is 0.463 e. The van der Waals surface area contributed by atoms with E-state index in [0.717, 1.165) is 27.6 Å². The zero-order valence-electron chi connectivity index (χ0n) is 22.5. The maximum atomic E-state index is 14.1. The van der Waals surface area contributed by atoms with E-state index in [0.29, 0.717) is 26.5 Å². The molecule has 1 aliphatic heterocycles. The third-order valence-corrected chi connectivity index (χ3v) is 8.18. The molecular weight excluding hydrogens is 518 g/mol. The van der Waals surface area contributed by atoms with Gasteiger partial charge < -0.3 is 9.72 Å². The number of carbonyl (C=O) groups excluding carboxylic acids is 1. The zero-order valence-corrected chi connectivity index (χ0v) is 23.4. The first-order chi connectivity index (χ1) is 19.5. The van der Waals surface area contributed by atoms with Crippen molar-refractivity contribution in [3.63, 3.8) is 0 Å². The number of para-hydroxylation sites is 1. The van der Waals surface area contributed by atoms with E-state index in [1.54, 1.807) is 11.5 Å². The fraction of sp³-hybridized carbons (Fsp3) is 0.182. The topological polar surface area (TPSA) is 76.4 Å². The van der Waals surface area contributed by atoms with Gasteiger partial charge in [0.1, 0.15) is 0 Å². The lowest BCUT2D eigenvalue weighted by atomic mass is 9.91. The highest BCUT2D eigenvalue weighted by atomic mass is 32.1. The van der Waals surface area contributed by atoms with Gasteiger partial charge in [-0.15, -0.1) is 0 Å². The molecule has 0 bridgehead atoms. The first-order valence-electron chi connectivity index (χ1n) is 13.4. The Bertz CT molecular complexity index is 1930. The molecule has 40 heavy (non-hydrogen) atoms. The summed E-state index contributed by atoms with van der Waals surface area (Å²) in [6.07, 6.45) is 3.81. The molecule has 2 aromatic heterocycles. The van der Waals surface area contributed by atoms with Gasteiger partial charge in [0, 0.05) is 28.2 Å². The van der Waals surface area contributed by atoms with Crippen LogP contribution in [0.5, 0.6) is 0 Å². The number of esters is 1. The standard InChI is InChI=1S/C33H29N3O3S/c1-4-39-32(38)28-29(22-10-6-5-7-11-22)35-33-36(30(28)23-16-14-21(15-17-23)20(2)3)31(37)27(40-33)18-24-19-34-26-13-9-8-12-25(24)26/h5-20,30,34H,4H2,1-3H3/b27-18-/t30-/m1/s1. The number of hydrogen-bond acceptors (Lipinski definition) is 5. The molecule has 0 radical (unpaired) electrons. The summed E-state index contributed by atoms with van der Waals surface area (Å²) in [6, 6.07) is 25.1. The molecule has 6 rings (SSSR count). The third kappa shape index (κ3) is 4.52. The van der Waals surface area contributed by atoms with Crippen molar-refractivity contribution in [2.24, 2.45) is 4.99 Å². The van der Waals surface area contributed by atoms with Gasteiger partial charge in [-0.1, -0.05) is 98.0 Å². The quantitative estimate of drug-likeness (QED) is 0.284. The number of nitrogens with zero attached hydrogens (tertiary/aromatic N) is 2. The van der Waals surface area contributed by atoms with E-state index in [1.807, 2.05) is 79.0 Å². The van der Waals surface area contributed by atoms with Crippen LogP contribution >= 0.6 is 11.3 Å². The van der Waals surface area contributed by atoms with Crippen LogP contribution in [0, 0.1) is 0 Å². The minimum Gasteiger partial charge on any atom is -0.463 e. The number of H-pyrrole nitrogens is 1. The second kappa shape index (κ2) is 10.6. The molecule has 0 fully saturated rings. The summed E-state index contributed by atoms with van der Waals surface area (Å²) in [7, 11) is 0. The molecule has 0 saturated carbocycles. The number of fused-ring (bicyclic) bond motifs is 2. The van der Waals surface area contributed by atoms with Crippen LogP contribution < -0.4 is 14.9 Å². The molecule has 0 saturated heterocycles. The minimum absolute atomic E-state index is 0.194. The number of aromatic amines is 1. The van der Waals surface area contributed by atoms with E-state index in [1.165, 1.54) is 16.9 Å². The van der Waals surface area contributed by atoms with Gasteiger partial charge in [0.2, 0.25) is 0 Å². The Morgan fingerprint density at radius 1 is 1.05 bits per heavy atom. The van der Waals surface area contributed by atoms with Crippen LogP contribution in [0.15, 0.2) is 100 Å². The minimum atomic E-state index is -0.683. The molecule has 0 amide bonds. The van der Waals surface area contributed by atoms with Crippen molar-refractivity contribution < 1.29 is 9.53 Å². The number of benzene rings is 3. The van der Waals surface area contributed by atoms with Gasteiger partial charge in [0.25, 0.3) is 5.56 Å². The van der Waals surface area contributed by atoms with E-state index in [-0.39, 0.29) is 12.2 Å². The number of carbonyl (C=O) groups is 1. The fourth-order valence-electron chi connectivity index (χ4n) is 5.17. The molecule has 0 spiro atoms.